The Balaban J connectivity index is 0. The number of rotatable bonds is 0. The first-order chi connectivity index (χ1) is 6.00. The molecule has 0 aliphatic heterocycles. The summed E-state index contributed by atoms with van der Waals surface area (Å²) in [7, 11) is 0. The van der Waals surface area contributed by atoms with Gasteiger partial charge in [0.1, 0.15) is 0 Å². The van der Waals surface area contributed by atoms with E-state index >= 15 is 0 Å². The van der Waals surface area contributed by atoms with Gasteiger partial charge in [-0.3, -0.25) is 0 Å². The summed E-state index contributed by atoms with van der Waals surface area (Å²) in [5, 5.41) is 0. The Kier molecular flexibility index (Phi) is 16.7. The molecule has 2 aromatic carbocycles. The number of hydrogen-bond acceptors (Lipinski definition) is 0. The van der Waals surface area contributed by atoms with Crippen molar-refractivity contribution in [3.05, 3.63) is 72.8 Å². The molecule has 2 heteroatoms. The molecule has 2 aromatic rings. The molecule has 0 bridgehead atoms. The second-order valence-corrected chi connectivity index (χ2v) is 2.31. The summed E-state index contributed by atoms with van der Waals surface area (Å²) in [6.45, 7) is 0. The number of hydrogen-bond donors (Lipinski definition) is 0. The van der Waals surface area contributed by atoms with Crippen molar-refractivity contribution >= 4 is 51.4 Å². The zero-order valence-corrected chi connectivity index (χ0v) is 12.9. The normalized spacial score (nSPS) is 6.86. The molecule has 66 valence electrons. The summed E-state index contributed by atoms with van der Waals surface area (Å²) < 4.78 is 0. The van der Waals surface area contributed by atoms with Gasteiger partial charge in [-0.2, -0.15) is 0 Å². The van der Waals surface area contributed by atoms with Crippen LogP contribution >= 0.6 is 0 Å². The Labute approximate surface area is 140 Å². The molecule has 0 fully saturated rings. The molecular weight excluding hydrogens is 234 g/mol. The van der Waals surface area contributed by atoms with E-state index in [0.717, 1.165) is 0 Å². The van der Waals surface area contributed by atoms with Gasteiger partial charge in [0.05, 0.1) is 0 Å². The van der Waals surface area contributed by atoms with Crippen LogP contribution in [0.4, 0.5) is 0 Å². The summed E-state index contributed by atoms with van der Waals surface area (Å²) in [5.74, 6) is 0. The first kappa shape index (κ1) is 17.1. The molecular formula is C12H12KV. The Bertz CT molecular complexity index is 186. The van der Waals surface area contributed by atoms with E-state index in [0.29, 0.717) is 0 Å². The molecule has 0 nitrogen and oxygen atoms in total. The van der Waals surface area contributed by atoms with Crippen LogP contribution < -0.4 is 0 Å². The van der Waals surface area contributed by atoms with Crippen molar-refractivity contribution in [3.63, 3.8) is 0 Å². The van der Waals surface area contributed by atoms with Gasteiger partial charge < -0.3 is 0 Å². The molecule has 0 aromatic heterocycles. The summed E-state index contributed by atoms with van der Waals surface area (Å²) in [6, 6.07) is 24.0. The monoisotopic (exact) mass is 246 g/mol. The van der Waals surface area contributed by atoms with Crippen LogP contribution in [-0.4, -0.2) is 51.4 Å². The minimum absolute atomic E-state index is 0. The summed E-state index contributed by atoms with van der Waals surface area (Å²) in [6.07, 6.45) is 0. The standard InChI is InChI=1S/2C6H6.K.V/c2*1-2-4-6-5-3-1;;/h2*1-6H;;. The fourth-order valence-corrected chi connectivity index (χ4v) is 0.770. The zero-order chi connectivity index (χ0) is 8.49. The smallest absolute Gasteiger partial charge is 0 e. The fourth-order valence-electron chi connectivity index (χ4n) is 0.770. The van der Waals surface area contributed by atoms with Gasteiger partial charge in [-0.05, 0) is 0 Å². The average Bonchev–Trinajstić information content (AvgIpc) is 2.24. The van der Waals surface area contributed by atoms with Gasteiger partial charge in [-0.1, -0.05) is 72.8 Å². The second-order valence-electron chi connectivity index (χ2n) is 2.31. The number of benzene rings is 2. The minimum atomic E-state index is 0. The summed E-state index contributed by atoms with van der Waals surface area (Å²) in [5.41, 5.74) is 0. The summed E-state index contributed by atoms with van der Waals surface area (Å²) >= 11 is 0. The molecule has 14 heavy (non-hydrogen) atoms. The van der Waals surface area contributed by atoms with E-state index < -0.39 is 0 Å². The van der Waals surface area contributed by atoms with Crippen LogP contribution in [0, 0.1) is 0 Å². The molecule has 0 aliphatic carbocycles. The third kappa shape index (κ3) is 10.7. The maximum atomic E-state index is 2.00. The van der Waals surface area contributed by atoms with E-state index in [2.05, 4.69) is 0 Å². The average molecular weight is 246 g/mol. The predicted molar refractivity (Wildman–Crippen MR) is 58.6 cm³/mol. The summed E-state index contributed by atoms with van der Waals surface area (Å²) in [4.78, 5) is 0. The molecule has 0 saturated heterocycles. The fraction of sp³-hybridized carbons (Fsp3) is 0. The van der Waals surface area contributed by atoms with E-state index in [-0.39, 0.29) is 69.9 Å². The molecule has 0 heterocycles. The van der Waals surface area contributed by atoms with Crippen LogP contribution in [0.5, 0.6) is 0 Å². The molecule has 0 saturated carbocycles. The molecule has 2 radical (unpaired) electrons. The third-order valence-electron chi connectivity index (χ3n) is 1.33. The van der Waals surface area contributed by atoms with Crippen molar-refractivity contribution in [2.24, 2.45) is 0 Å². The van der Waals surface area contributed by atoms with Crippen molar-refractivity contribution in [1.82, 2.24) is 0 Å². The van der Waals surface area contributed by atoms with E-state index in [4.69, 9.17) is 0 Å². The van der Waals surface area contributed by atoms with Crippen LogP contribution in [0.3, 0.4) is 0 Å². The van der Waals surface area contributed by atoms with E-state index in [1.165, 1.54) is 0 Å². The topological polar surface area (TPSA) is 0 Å². The largest absolute Gasteiger partial charge is 0.0623 e. The second kappa shape index (κ2) is 13.7. The van der Waals surface area contributed by atoms with Crippen LogP contribution in [-0.2, 0) is 18.6 Å². The van der Waals surface area contributed by atoms with Gasteiger partial charge in [0.2, 0.25) is 0 Å². The van der Waals surface area contributed by atoms with Crippen molar-refractivity contribution in [1.29, 1.82) is 0 Å². The van der Waals surface area contributed by atoms with Crippen molar-refractivity contribution in [2.45, 2.75) is 0 Å². The minimum Gasteiger partial charge on any atom is -0.0623 e. The van der Waals surface area contributed by atoms with Crippen LogP contribution in [0.1, 0.15) is 0 Å². The Hall–Kier alpha value is 0.661. The van der Waals surface area contributed by atoms with Crippen LogP contribution in [0.25, 0.3) is 0 Å². The molecule has 0 spiro atoms. The molecule has 0 amide bonds. The first-order valence-electron chi connectivity index (χ1n) is 4.00. The zero-order valence-electron chi connectivity index (χ0n) is 8.38. The van der Waals surface area contributed by atoms with E-state index in [9.17, 15) is 0 Å². The molecule has 0 aliphatic rings. The van der Waals surface area contributed by atoms with Gasteiger partial charge in [0.15, 0.2) is 0 Å². The Morgan fingerprint density at radius 1 is 0.286 bits per heavy atom. The SMILES string of the molecule is [K].[V].c1ccccc1.c1ccccc1. The molecule has 2 rings (SSSR count). The first-order valence-corrected chi connectivity index (χ1v) is 4.00. The quantitative estimate of drug-likeness (QED) is 0.627. The van der Waals surface area contributed by atoms with Gasteiger partial charge >= 0.3 is 0 Å². The Morgan fingerprint density at radius 2 is 0.357 bits per heavy atom. The van der Waals surface area contributed by atoms with Gasteiger partial charge in [-0.15, -0.1) is 0 Å². The van der Waals surface area contributed by atoms with Crippen molar-refractivity contribution < 1.29 is 18.6 Å². The van der Waals surface area contributed by atoms with Crippen LogP contribution in [0.15, 0.2) is 72.8 Å². The molecule has 0 N–H and O–H groups in total. The van der Waals surface area contributed by atoms with Gasteiger partial charge in [0, 0.05) is 69.9 Å². The van der Waals surface area contributed by atoms with E-state index in [1.807, 2.05) is 72.8 Å². The van der Waals surface area contributed by atoms with Crippen LogP contribution in [0.2, 0.25) is 0 Å². The van der Waals surface area contributed by atoms with Gasteiger partial charge in [0.25, 0.3) is 0 Å². The molecule has 0 unspecified atom stereocenters. The van der Waals surface area contributed by atoms with Crippen molar-refractivity contribution in [3.8, 4) is 0 Å². The van der Waals surface area contributed by atoms with Crippen molar-refractivity contribution in [2.75, 3.05) is 0 Å². The van der Waals surface area contributed by atoms with E-state index in [1.54, 1.807) is 0 Å². The maximum Gasteiger partial charge on any atom is 0 e. The van der Waals surface area contributed by atoms with Gasteiger partial charge in [-0.25, -0.2) is 0 Å². The molecule has 0 atom stereocenters. The predicted octanol–water partition coefficient (Wildman–Crippen LogP) is 2.99. The maximum absolute atomic E-state index is 2.00. The Morgan fingerprint density at radius 3 is 0.429 bits per heavy atom. The third-order valence-corrected chi connectivity index (χ3v) is 1.33.